The molecule has 2 aromatic rings. The second kappa shape index (κ2) is 3.42. The summed E-state index contributed by atoms with van der Waals surface area (Å²) < 4.78 is 5.57. The number of hydrogen-bond donors (Lipinski definition) is 1. The van der Waals surface area contributed by atoms with Gasteiger partial charge in [-0.05, 0) is 38.5 Å². The van der Waals surface area contributed by atoms with E-state index in [1.807, 2.05) is 39.0 Å². The summed E-state index contributed by atoms with van der Waals surface area (Å²) >= 11 is 0. The maximum absolute atomic E-state index is 5.74. The van der Waals surface area contributed by atoms with E-state index in [1.54, 1.807) is 0 Å². The number of nitrogens with zero attached hydrogens (tertiary/aromatic N) is 1. The molecule has 1 aromatic heterocycles. The number of rotatable bonds is 1. The Morgan fingerprint density at radius 2 is 1.93 bits per heavy atom. The van der Waals surface area contributed by atoms with E-state index in [0.29, 0.717) is 5.89 Å². The van der Waals surface area contributed by atoms with Crippen molar-refractivity contribution in [1.82, 2.24) is 4.98 Å². The molecule has 0 amide bonds. The molecule has 3 heteroatoms. The number of hydrogen-bond acceptors (Lipinski definition) is 3. The van der Waals surface area contributed by atoms with Gasteiger partial charge in [-0.15, -0.1) is 0 Å². The van der Waals surface area contributed by atoms with Crippen molar-refractivity contribution in [3.63, 3.8) is 0 Å². The number of aryl methyl sites for hydroxylation is 3. The molecule has 3 nitrogen and oxygen atoms in total. The Morgan fingerprint density at radius 1 is 1.20 bits per heavy atom. The Hall–Kier alpha value is -1.77. The first kappa shape index (κ1) is 9.77. The van der Waals surface area contributed by atoms with Crippen LogP contribution in [0.4, 0.5) is 5.69 Å². The van der Waals surface area contributed by atoms with Crippen LogP contribution in [0.15, 0.2) is 22.6 Å². The van der Waals surface area contributed by atoms with E-state index in [2.05, 4.69) is 4.98 Å². The van der Waals surface area contributed by atoms with Crippen LogP contribution in [0.1, 0.15) is 17.0 Å². The van der Waals surface area contributed by atoms with Crippen LogP contribution in [0.3, 0.4) is 0 Å². The van der Waals surface area contributed by atoms with Crippen molar-refractivity contribution in [2.45, 2.75) is 20.8 Å². The van der Waals surface area contributed by atoms with Gasteiger partial charge in [-0.2, -0.15) is 0 Å². The zero-order chi connectivity index (χ0) is 11.0. The van der Waals surface area contributed by atoms with E-state index < -0.39 is 0 Å². The Kier molecular flexibility index (Phi) is 2.23. The average molecular weight is 202 g/mol. The second-order valence-corrected chi connectivity index (χ2v) is 3.73. The predicted molar refractivity (Wildman–Crippen MR) is 60.6 cm³/mol. The van der Waals surface area contributed by atoms with Gasteiger partial charge >= 0.3 is 0 Å². The summed E-state index contributed by atoms with van der Waals surface area (Å²) in [5, 5.41) is 0. The minimum Gasteiger partial charge on any atom is -0.441 e. The van der Waals surface area contributed by atoms with Gasteiger partial charge in [-0.1, -0.05) is 6.07 Å². The molecule has 15 heavy (non-hydrogen) atoms. The fraction of sp³-hybridized carbons (Fsp3) is 0.250. The van der Waals surface area contributed by atoms with Crippen molar-refractivity contribution in [2.75, 3.05) is 5.73 Å². The van der Waals surface area contributed by atoms with Crippen molar-refractivity contribution in [3.05, 3.63) is 35.2 Å². The fourth-order valence-electron chi connectivity index (χ4n) is 1.46. The zero-order valence-corrected chi connectivity index (χ0v) is 9.16. The Morgan fingerprint density at radius 3 is 2.53 bits per heavy atom. The monoisotopic (exact) mass is 202 g/mol. The maximum atomic E-state index is 5.74. The number of nitrogen functional groups attached to an aromatic ring is 1. The Balaban J connectivity index is 2.58. The molecular formula is C12H14N2O. The van der Waals surface area contributed by atoms with Crippen molar-refractivity contribution in [3.8, 4) is 11.5 Å². The molecule has 0 aliphatic rings. The van der Waals surface area contributed by atoms with Gasteiger partial charge in [0, 0.05) is 11.3 Å². The first-order chi connectivity index (χ1) is 7.08. The summed E-state index contributed by atoms with van der Waals surface area (Å²) in [5.41, 5.74) is 9.47. The lowest BCUT2D eigenvalue weighted by atomic mass is 10.1. The molecule has 0 bridgehead atoms. The zero-order valence-electron chi connectivity index (χ0n) is 9.16. The molecule has 0 saturated heterocycles. The number of oxazole rings is 1. The topological polar surface area (TPSA) is 52.0 Å². The van der Waals surface area contributed by atoms with Crippen molar-refractivity contribution < 1.29 is 4.42 Å². The molecular weight excluding hydrogens is 188 g/mol. The van der Waals surface area contributed by atoms with Crippen LogP contribution >= 0.6 is 0 Å². The van der Waals surface area contributed by atoms with Crippen molar-refractivity contribution >= 4 is 5.69 Å². The lowest BCUT2D eigenvalue weighted by molar-refractivity contribution is 0.540. The lowest BCUT2D eigenvalue weighted by Crippen LogP contribution is -1.88. The third kappa shape index (κ3) is 1.73. The predicted octanol–water partition coefficient (Wildman–Crippen LogP) is 2.85. The minimum absolute atomic E-state index is 0.648. The summed E-state index contributed by atoms with van der Waals surface area (Å²) in [7, 11) is 0. The number of anilines is 1. The highest BCUT2D eigenvalue weighted by Gasteiger charge is 2.10. The molecule has 0 unspecified atom stereocenters. The summed E-state index contributed by atoms with van der Waals surface area (Å²) in [4.78, 5) is 4.36. The molecule has 1 aromatic carbocycles. The van der Waals surface area contributed by atoms with Crippen molar-refractivity contribution in [2.24, 2.45) is 0 Å². The molecule has 0 radical (unpaired) electrons. The summed E-state index contributed by atoms with van der Waals surface area (Å²) in [6.07, 6.45) is 0. The summed E-state index contributed by atoms with van der Waals surface area (Å²) in [6.45, 7) is 5.86. The van der Waals surface area contributed by atoms with E-state index in [-0.39, 0.29) is 0 Å². The summed E-state index contributed by atoms with van der Waals surface area (Å²) in [6, 6.07) is 5.74. The molecule has 1 heterocycles. The average Bonchev–Trinajstić information content (AvgIpc) is 2.51. The van der Waals surface area contributed by atoms with Crippen molar-refractivity contribution in [1.29, 1.82) is 0 Å². The van der Waals surface area contributed by atoms with Gasteiger partial charge in [-0.3, -0.25) is 0 Å². The quantitative estimate of drug-likeness (QED) is 0.723. The van der Waals surface area contributed by atoms with E-state index >= 15 is 0 Å². The molecule has 78 valence electrons. The van der Waals surface area contributed by atoms with E-state index in [1.165, 1.54) is 0 Å². The Labute approximate surface area is 88.9 Å². The number of aromatic nitrogens is 1. The van der Waals surface area contributed by atoms with Crippen LogP contribution in [-0.4, -0.2) is 4.98 Å². The fourth-order valence-corrected chi connectivity index (χ4v) is 1.46. The number of nitrogens with two attached hydrogens (primary N) is 1. The lowest BCUT2D eigenvalue weighted by Gasteiger charge is -2.02. The highest BCUT2D eigenvalue weighted by atomic mass is 16.4. The molecule has 0 aliphatic heterocycles. The first-order valence-corrected chi connectivity index (χ1v) is 4.88. The van der Waals surface area contributed by atoms with Crippen LogP contribution < -0.4 is 5.73 Å². The van der Waals surface area contributed by atoms with Crippen LogP contribution in [0.2, 0.25) is 0 Å². The molecule has 0 fully saturated rings. The van der Waals surface area contributed by atoms with E-state index in [9.17, 15) is 0 Å². The van der Waals surface area contributed by atoms with Gasteiger partial charge in [0.25, 0.3) is 0 Å². The van der Waals surface area contributed by atoms with Crippen LogP contribution in [0, 0.1) is 20.8 Å². The highest BCUT2D eigenvalue weighted by Crippen LogP contribution is 2.26. The molecule has 0 atom stereocenters. The normalized spacial score (nSPS) is 10.6. The van der Waals surface area contributed by atoms with Gasteiger partial charge in [0.1, 0.15) is 5.76 Å². The molecule has 0 saturated carbocycles. The highest BCUT2D eigenvalue weighted by molar-refractivity contribution is 5.64. The van der Waals surface area contributed by atoms with Crippen LogP contribution in [0.25, 0.3) is 11.5 Å². The maximum Gasteiger partial charge on any atom is 0.226 e. The Bertz CT molecular complexity index is 481. The summed E-state index contributed by atoms with van der Waals surface area (Å²) in [5.74, 6) is 1.50. The van der Waals surface area contributed by atoms with Crippen LogP contribution in [-0.2, 0) is 0 Å². The molecule has 2 rings (SSSR count). The SMILES string of the molecule is Cc1ccc(N)cc1-c1nc(C)c(C)o1. The second-order valence-electron chi connectivity index (χ2n) is 3.73. The van der Waals surface area contributed by atoms with Gasteiger partial charge in [0.05, 0.1) is 5.69 Å². The van der Waals surface area contributed by atoms with Crippen LogP contribution in [0.5, 0.6) is 0 Å². The van der Waals surface area contributed by atoms with Gasteiger partial charge in [-0.25, -0.2) is 4.98 Å². The van der Waals surface area contributed by atoms with E-state index in [0.717, 1.165) is 28.3 Å². The number of benzene rings is 1. The van der Waals surface area contributed by atoms with E-state index in [4.69, 9.17) is 10.2 Å². The standard InChI is InChI=1S/C12H14N2O/c1-7-4-5-10(13)6-11(7)12-14-8(2)9(3)15-12/h4-6H,13H2,1-3H3. The molecule has 2 N–H and O–H groups in total. The van der Waals surface area contributed by atoms with Gasteiger partial charge < -0.3 is 10.2 Å². The smallest absolute Gasteiger partial charge is 0.226 e. The van der Waals surface area contributed by atoms with Gasteiger partial charge in [0.2, 0.25) is 5.89 Å². The minimum atomic E-state index is 0.648. The molecule has 0 spiro atoms. The molecule has 0 aliphatic carbocycles. The third-order valence-electron chi connectivity index (χ3n) is 2.52. The third-order valence-corrected chi connectivity index (χ3v) is 2.52. The first-order valence-electron chi connectivity index (χ1n) is 4.88. The largest absolute Gasteiger partial charge is 0.441 e. The van der Waals surface area contributed by atoms with Gasteiger partial charge in [0.15, 0.2) is 0 Å².